The lowest BCUT2D eigenvalue weighted by atomic mass is 9.96. The Balaban J connectivity index is 3.00. The summed E-state index contributed by atoms with van der Waals surface area (Å²) in [6, 6.07) is 0.238. The lowest BCUT2D eigenvalue weighted by Gasteiger charge is -2.29. The molecule has 1 aromatic rings. The smallest absolute Gasteiger partial charge is 0.0696 e. The Bertz CT molecular complexity index is 376. The molecule has 0 aromatic carbocycles. The molecule has 0 spiro atoms. The molecule has 1 heterocycles. The molecule has 0 aliphatic rings. The number of nitrogens with zero attached hydrogens (tertiary/aromatic N) is 2. The Morgan fingerprint density at radius 3 is 2.67 bits per heavy atom. The molecule has 5 heteroatoms. The molecule has 4 nitrogen and oxygen atoms in total. The van der Waals surface area contributed by atoms with Crippen LogP contribution < -0.4 is 5.32 Å². The molecular weight excluding hydrogens is 294 g/mol. The van der Waals surface area contributed by atoms with Gasteiger partial charge in [-0.3, -0.25) is 4.68 Å². The van der Waals surface area contributed by atoms with Crippen LogP contribution in [0.2, 0.25) is 0 Å². The molecule has 104 valence electrons. The minimum absolute atomic E-state index is 0.158. The van der Waals surface area contributed by atoms with Crippen molar-refractivity contribution in [3.05, 3.63) is 16.4 Å². The highest BCUT2D eigenvalue weighted by Crippen LogP contribution is 2.30. The van der Waals surface area contributed by atoms with E-state index in [0.717, 1.165) is 24.0 Å². The minimum Gasteiger partial charge on any atom is -0.379 e. The standard InChI is InChI=1S/C13H24BrN3O/c1-6-15-11(8-13(3,4)18-5)12-10(14)9-16-17(12)7-2/h9,11,15H,6-8H2,1-5H3. The van der Waals surface area contributed by atoms with E-state index < -0.39 is 0 Å². The van der Waals surface area contributed by atoms with Crippen molar-refractivity contribution in [1.82, 2.24) is 15.1 Å². The third kappa shape index (κ3) is 3.80. The maximum atomic E-state index is 5.54. The van der Waals surface area contributed by atoms with E-state index in [1.165, 1.54) is 5.69 Å². The maximum absolute atomic E-state index is 5.54. The second-order valence-electron chi connectivity index (χ2n) is 4.97. The molecule has 1 N–H and O–H groups in total. The highest BCUT2D eigenvalue weighted by atomic mass is 79.9. The number of hydrogen-bond donors (Lipinski definition) is 1. The number of aryl methyl sites for hydroxylation is 1. The van der Waals surface area contributed by atoms with Gasteiger partial charge in [0.2, 0.25) is 0 Å². The first-order valence-corrected chi connectivity index (χ1v) is 7.24. The number of halogens is 1. The SMILES string of the molecule is CCNC(CC(C)(C)OC)c1c(Br)cnn1CC. The summed E-state index contributed by atoms with van der Waals surface area (Å²) in [5.74, 6) is 0. The van der Waals surface area contributed by atoms with Crippen molar-refractivity contribution in [3.8, 4) is 0 Å². The van der Waals surface area contributed by atoms with Gasteiger partial charge in [0.05, 0.1) is 28.0 Å². The number of nitrogens with one attached hydrogen (secondary N) is 1. The first-order chi connectivity index (χ1) is 8.45. The Hall–Kier alpha value is -0.390. The Morgan fingerprint density at radius 2 is 2.17 bits per heavy atom. The fourth-order valence-corrected chi connectivity index (χ4v) is 2.63. The van der Waals surface area contributed by atoms with Crippen LogP contribution in [0.1, 0.15) is 45.9 Å². The third-order valence-electron chi connectivity index (χ3n) is 3.16. The Morgan fingerprint density at radius 1 is 1.50 bits per heavy atom. The first-order valence-electron chi connectivity index (χ1n) is 6.44. The van der Waals surface area contributed by atoms with Crippen molar-refractivity contribution >= 4 is 15.9 Å². The molecule has 1 aromatic heterocycles. The molecule has 0 aliphatic carbocycles. The van der Waals surface area contributed by atoms with E-state index in [9.17, 15) is 0 Å². The molecule has 0 saturated carbocycles. The van der Waals surface area contributed by atoms with Gasteiger partial charge in [-0.15, -0.1) is 0 Å². The van der Waals surface area contributed by atoms with Crippen molar-refractivity contribution in [2.75, 3.05) is 13.7 Å². The van der Waals surface area contributed by atoms with Crippen molar-refractivity contribution in [2.24, 2.45) is 0 Å². The van der Waals surface area contributed by atoms with Crippen LogP contribution in [0.25, 0.3) is 0 Å². The lowest BCUT2D eigenvalue weighted by molar-refractivity contribution is 0.00621. The average Bonchev–Trinajstić information content (AvgIpc) is 2.69. The molecular formula is C13H24BrN3O. The highest BCUT2D eigenvalue weighted by Gasteiger charge is 2.27. The predicted octanol–water partition coefficient (Wildman–Crippen LogP) is 3.13. The summed E-state index contributed by atoms with van der Waals surface area (Å²) in [7, 11) is 1.76. The number of rotatable bonds is 7. The summed E-state index contributed by atoms with van der Waals surface area (Å²) in [6.07, 6.45) is 2.77. The number of aromatic nitrogens is 2. The van der Waals surface area contributed by atoms with Crippen molar-refractivity contribution in [2.45, 2.75) is 52.3 Å². The summed E-state index contributed by atoms with van der Waals surface area (Å²) < 4.78 is 8.63. The summed E-state index contributed by atoms with van der Waals surface area (Å²) in [5, 5.41) is 7.90. The van der Waals surface area contributed by atoms with Gasteiger partial charge in [0.1, 0.15) is 0 Å². The third-order valence-corrected chi connectivity index (χ3v) is 3.77. The zero-order chi connectivity index (χ0) is 13.8. The predicted molar refractivity (Wildman–Crippen MR) is 77.7 cm³/mol. The summed E-state index contributed by atoms with van der Waals surface area (Å²) >= 11 is 3.59. The van der Waals surface area contributed by atoms with Crippen LogP contribution in [0.5, 0.6) is 0 Å². The van der Waals surface area contributed by atoms with Gasteiger partial charge in [-0.25, -0.2) is 0 Å². The van der Waals surface area contributed by atoms with Crippen molar-refractivity contribution < 1.29 is 4.74 Å². The monoisotopic (exact) mass is 317 g/mol. The van der Waals surface area contributed by atoms with Crippen LogP contribution in [0.3, 0.4) is 0 Å². The second kappa shape index (κ2) is 6.68. The maximum Gasteiger partial charge on any atom is 0.0696 e. The van der Waals surface area contributed by atoms with Gasteiger partial charge in [0, 0.05) is 13.7 Å². The van der Waals surface area contributed by atoms with Gasteiger partial charge in [0.25, 0.3) is 0 Å². The molecule has 0 fully saturated rings. The first kappa shape index (κ1) is 15.7. The number of hydrogen-bond acceptors (Lipinski definition) is 3. The second-order valence-corrected chi connectivity index (χ2v) is 5.83. The van der Waals surface area contributed by atoms with Gasteiger partial charge in [0.15, 0.2) is 0 Å². The van der Waals surface area contributed by atoms with Crippen LogP contribution in [-0.2, 0) is 11.3 Å². The number of methoxy groups -OCH3 is 1. The van der Waals surface area contributed by atoms with E-state index in [2.05, 4.69) is 54.0 Å². The molecule has 18 heavy (non-hydrogen) atoms. The van der Waals surface area contributed by atoms with E-state index >= 15 is 0 Å². The summed E-state index contributed by atoms with van der Waals surface area (Å²) in [4.78, 5) is 0. The zero-order valence-electron chi connectivity index (χ0n) is 12.0. The fraction of sp³-hybridized carbons (Fsp3) is 0.769. The van der Waals surface area contributed by atoms with Crippen molar-refractivity contribution in [3.63, 3.8) is 0 Å². The van der Waals surface area contributed by atoms with Gasteiger partial charge in [-0.2, -0.15) is 5.10 Å². The van der Waals surface area contributed by atoms with Gasteiger partial charge >= 0.3 is 0 Å². The minimum atomic E-state index is -0.158. The zero-order valence-corrected chi connectivity index (χ0v) is 13.5. The quantitative estimate of drug-likeness (QED) is 0.839. The van der Waals surface area contributed by atoms with Gasteiger partial charge in [-0.1, -0.05) is 6.92 Å². The number of ether oxygens (including phenoxy) is 1. The van der Waals surface area contributed by atoms with E-state index in [1.807, 2.05) is 10.9 Å². The van der Waals surface area contributed by atoms with Gasteiger partial charge in [-0.05, 0) is 49.7 Å². The largest absolute Gasteiger partial charge is 0.379 e. The summed E-state index contributed by atoms with van der Waals surface area (Å²) in [5.41, 5.74) is 1.04. The van der Waals surface area contributed by atoms with Crippen LogP contribution in [0.15, 0.2) is 10.7 Å². The molecule has 1 rings (SSSR count). The van der Waals surface area contributed by atoms with E-state index in [1.54, 1.807) is 7.11 Å². The molecule has 0 radical (unpaired) electrons. The summed E-state index contributed by atoms with van der Waals surface area (Å²) in [6.45, 7) is 10.2. The van der Waals surface area contributed by atoms with Crippen LogP contribution >= 0.6 is 15.9 Å². The Kier molecular flexibility index (Phi) is 5.82. The fourth-order valence-electron chi connectivity index (χ4n) is 2.06. The molecule has 0 bridgehead atoms. The van der Waals surface area contributed by atoms with Crippen LogP contribution in [0, 0.1) is 0 Å². The van der Waals surface area contributed by atoms with E-state index in [-0.39, 0.29) is 11.6 Å². The molecule has 0 amide bonds. The highest BCUT2D eigenvalue weighted by molar-refractivity contribution is 9.10. The molecule has 1 atom stereocenters. The lowest BCUT2D eigenvalue weighted by Crippen LogP contribution is -2.33. The average molecular weight is 318 g/mol. The van der Waals surface area contributed by atoms with E-state index in [4.69, 9.17) is 4.74 Å². The Labute approximate surface area is 118 Å². The molecule has 0 saturated heterocycles. The van der Waals surface area contributed by atoms with Crippen molar-refractivity contribution in [1.29, 1.82) is 0 Å². The molecule has 1 unspecified atom stereocenters. The van der Waals surface area contributed by atoms with Gasteiger partial charge < -0.3 is 10.1 Å². The van der Waals surface area contributed by atoms with Crippen LogP contribution in [-0.4, -0.2) is 29.0 Å². The van der Waals surface area contributed by atoms with E-state index in [0.29, 0.717) is 0 Å². The topological polar surface area (TPSA) is 39.1 Å². The van der Waals surface area contributed by atoms with Crippen LogP contribution in [0.4, 0.5) is 0 Å². The normalized spacial score (nSPS) is 13.9. The molecule has 0 aliphatic heterocycles.